The van der Waals surface area contributed by atoms with E-state index in [9.17, 15) is 4.79 Å². The first-order valence-electron chi connectivity index (χ1n) is 7.14. The number of carbonyl (C=O) groups is 1. The molecule has 1 aromatic heterocycles. The fourth-order valence-electron chi connectivity index (χ4n) is 2.43. The van der Waals surface area contributed by atoms with Crippen molar-refractivity contribution in [1.29, 1.82) is 0 Å². The monoisotopic (exact) mass is 279 g/mol. The van der Waals surface area contributed by atoms with Crippen LogP contribution in [-0.4, -0.2) is 52.7 Å². The predicted octanol–water partition coefficient (Wildman–Crippen LogP) is 0.569. The Hall–Kier alpha value is -1.47. The molecule has 1 aliphatic carbocycles. The summed E-state index contributed by atoms with van der Waals surface area (Å²) in [6.45, 7) is 7.25. The van der Waals surface area contributed by atoms with Crippen molar-refractivity contribution in [1.82, 2.24) is 20.4 Å². The van der Waals surface area contributed by atoms with Crippen molar-refractivity contribution in [3.05, 3.63) is 5.89 Å². The molecule has 1 saturated heterocycles. The minimum atomic E-state index is -0.106. The van der Waals surface area contributed by atoms with Gasteiger partial charge < -0.3 is 9.73 Å². The molecule has 1 aliphatic heterocycles. The highest BCUT2D eigenvalue weighted by Gasteiger charge is 2.32. The lowest BCUT2D eigenvalue weighted by Crippen LogP contribution is -2.59. The van der Waals surface area contributed by atoms with E-state index in [1.165, 1.54) is 0 Å². The Labute approximate surface area is 118 Å². The summed E-state index contributed by atoms with van der Waals surface area (Å²) >= 11 is 0. The Morgan fingerprint density at radius 3 is 3.00 bits per heavy atom. The van der Waals surface area contributed by atoms with Crippen LogP contribution in [0.3, 0.4) is 0 Å². The minimum absolute atomic E-state index is 0.0242. The Morgan fingerprint density at radius 2 is 2.30 bits per heavy atom. The van der Waals surface area contributed by atoms with Crippen LogP contribution in [0.15, 0.2) is 4.42 Å². The van der Waals surface area contributed by atoms with Gasteiger partial charge >= 0.3 is 6.01 Å². The fourth-order valence-corrected chi connectivity index (χ4v) is 2.43. The molecule has 0 spiro atoms. The maximum absolute atomic E-state index is 12.1. The van der Waals surface area contributed by atoms with Crippen LogP contribution < -0.4 is 10.6 Å². The quantitative estimate of drug-likeness (QED) is 0.838. The summed E-state index contributed by atoms with van der Waals surface area (Å²) in [6.07, 6.45) is 2.20. The molecule has 7 nitrogen and oxygen atoms in total. The molecule has 1 saturated carbocycles. The first-order valence-corrected chi connectivity index (χ1v) is 7.14. The maximum Gasteiger partial charge on any atom is 0.322 e. The summed E-state index contributed by atoms with van der Waals surface area (Å²) in [6, 6.07) is 0.213. The average molecular weight is 279 g/mol. The highest BCUT2D eigenvalue weighted by atomic mass is 16.4. The number of anilines is 1. The van der Waals surface area contributed by atoms with Gasteiger partial charge in [-0.2, -0.15) is 0 Å². The Bertz CT molecular complexity index is 495. The van der Waals surface area contributed by atoms with Crippen LogP contribution in [0.5, 0.6) is 0 Å². The van der Waals surface area contributed by atoms with Crippen LogP contribution >= 0.6 is 0 Å². The molecule has 1 aromatic rings. The number of aromatic nitrogens is 2. The van der Waals surface area contributed by atoms with E-state index in [0.29, 0.717) is 18.4 Å². The third-order valence-electron chi connectivity index (χ3n) is 3.92. The Kier molecular flexibility index (Phi) is 3.47. The summed E-state index contributed by atoms with van der Waals surface area (Å²) in [5.74, 6) is 0.939. The Balaban J connectivity index is 1.55. The van der Waals surface area contributed by atoms with Crippen molar-refractivity contribution in [3.8, 4) is 0 Å². The van der Waals surface area contributed by atoms with Crippen LogP contribution in [0, 0.1) is 0 Å². The van der Waals surface area contributed by atoms with E-state index in [4.69, 9.17) is 4.42 Å². The topological polar surface area (TPSA) is 83.3 Å². The highest BCUT2D eigenvalue weighted by molar-refractivity contribution is 5.90. The lowest BCUT2D eigenvalue weighted by atomic mass is 10.0. The van der Waals surface area contributed by atoms with E-state index in [2.05, 4.69) is 39.6 Å². The first-order chi connectivity index (χ1) is 9.54. The number of nitrogens with zero attached hydrogens (tertiary/aromatic N) is 3. The van der Waals surface area contributed by atoms with E-state index in [1.54, 1.807) is 0 Å². The molecule has 0 radical (unpaired) electrons. The first kappa shape index (κ1) is 13.5. The minimum Gasteiger partial charge on any atom is -0.408 e. The third-order valence-corrected chi connectivity index (χ3v) is 3.92. The van der Waals surface area contributed by atoms with Gasteiger partial charge in [-0.3, -0.25) is 15.0 Å². The zero-order valence-electron chi connectivity index (χ0n) is 12.0. The standard InChI is InChI=1S/C13H21N5O2/c1-13(2)8-14-5-6-18(13)7-10(19)15-12-17-16-11(20-12)9-3-4-9/h9,14H,3-8H2,1-2H3,(H,15,17,19). The second-order valence-corrected chi connectivity index (χ2v) is 6.18. The summed E-state index contributed by atoms with van der Waals surface area (Å²) in [5, 5.41) is 13.8. The number of piperazine rings is 1. The zero-order valence-corrected chi connectivity index (χ0v) is 12.0. The smallest absolute Gasteiger partial charge is 0.322 e. The van der Waals surface area contributed by atoms with E-state index >= 15 is 0 Å². The zero-order chi connectivity index (χ0) is 14.2. The van der Waals surface area contributed by atoms with Crippen molar-refractivity contribution in [2.45, 2.75) is 38.1 Å². The van der Waals surface area contributed by atoms with Crippen LogP contribution in [0.4, 0.5) is 6.01 Å². The Morgan fingerprint density at radius 1 is 1.50 bits per heavy atom. The van der Waals surface area contributed by atoms with Gasteiger partial charge in [0.2, 0.25) is 11.8 Å². The maximum atomic E-state index is 12.1. The van der Waals surface area contributed by atoms with Crippen molar-refractivity contribution >= 4 is 11.9 Å². The molecule has 1 amide bonds. The predicted molar refractivity (Wildman–Crippen MR) is 73.4 cm³/mol. The van der Waals surface area contributed by atoms with Crippen molar-refractivity contribution < 1.29 is 9.21 Å². The van der Waals surface area contributed by atoms with Gasteiger partial charge in [0.1, 0.15) is 0 Å². The largest absolute Gasteiger partial charge is 0.408 e. The molecular formula is C13H21N5O2. The molecule has 0 unspecified atom stereocenters. The molecule has 2 heterocycles. The number of hydrogen-bond acceptors (Lipinski definition) is 6. The number of carbonyl (C=O) groups excluding carboxylic acids is 1. The summed E-state index contributed by atoms with van der Waals surface area (Å²) in [7, 11) is 0. The van der Waals surface area contributed by atoms with Gasteiger partial charge in [-0.25, -0.2) is 0 Å². The van der Waals surface area contributed by atoms with E-state index in [-0.39, 0.29) is 17.5 Å². The second-order valence-electron chi connectivity index (χ2n) is 6.18. The van der Waals surface area contributed by atoms with Gasteiger partial charge in [0, 0.05) is 31.1 Å². The van der Waals surface area contributed by atoms with Crippen LogP contribution in [0.1, 0.15) is 38.5 Å². The molecule has 2 aliphatic rings. The molecule has 0 atom stereocenters. The summed E-state index contributed by atoms with van der Waals surface area (Å²) in [4.78, 5) is 14.2. The van der Waals surface area contributed by atoms with E-state index in [0.717, 1.165) is 32.5 Å². The number of amides is 1. The second kappa shape index (κ2) is 5.14. The van der Waals surface area contributed by atoms with Crippen molar-refractivity contribution in [2.75, 3.05) is 31.5 Å². The van der Waals surface area contributed by atoms with Gasteiger partial charge in [0.15, 0.2) is 0 Å². The number of hydrogen-bond donors (Lipinski definition) is 2. The molecule has 3 rings (SSSR count). The molecule has 0 bridgehead atoms. The fraction of sp³-hybridized carbons (Fsp3) is 0.769. The summed E-state index contributed by atoms with van der Waals surface area (Å²) < 4.78 is 5.43. The SMILES string of the molecule is CC1(C)CNCCN1CC(=O)Nc1nnc(C2CC2)o1. The molecule has 20 heavy (non-hydrogen) atoms. The normalized spacial score (nSPS) is 22.7. The van der Waals surface area contributed by atoms with Crippen molar-refractivity contribution in [2.24, 2.45) is 0 Å². The average Bonchev–Trinajstić information content (AvgIpc) is 3.13. The van der Waals surface area contributed by atoms with Gasteiger partial charge in [0.25, 0.3) is 0 Å². The molecule has 2 fully saturated rings. The van der Waals surface area contributed by atoms with Gasteiger partial charge in [-0.15, -0.1) is 5.10 Å². The van der Waals surface area contributed by atoms with E-state index < -0.39 is 0 Å². The molecule has 110 valence electrons. The molecular weight excluding hydrogens is 258 g/mol. The van der Waals surface area contributed by atoms with Crippen LogP contribution in [0.25, 0.3) is 0 Å². The van der Waals surface area contributed by atoms with E-state index in [1.807, 2.05) is 0 Å². The number of nitrogens with one attached hydrogen (secondary N) is 2. The number of rotatable bonds is 4. The van der Waals surface area contributed by atoms with Crippen LogP contribution in [-0.2, 0) is 4.79 Å². The van der Waals surface area contributed by atoms with Crippen molar-refractivity contribution in [3.63, 3.8) is 0 Å². The van der Waals surface area contributed by atoms with Gasteiger partial charge in [-0.1, -0.05) is 5.10 Å². The molecule has 0 aromatic carbocycles. The lowest BCUT2D eigenvalue weighted by molar-refractivity contribution is -0.119. The summed E-state index contributed by atoms with van der Waals surface area (Å²) in [5.41, 5.74) is -0.0242. The highest BCUT2D eigenvalue weighted by Crippen LogP contribution is 2.39. The third kappa shape index (κ3) is 2.99. The van der Waals surface area contributed by atoms with Crippen LogP contribution in [0.2, 0.25) is 0 Å². The van der Waals surface area contributed by atoms with Gasteiger partial charge in [0.05, 0.1) is 6.54 Å². The van der Waals surface area contributed by atoms with Gasteiger partial charge in [-0.05, 0) is 26.7 Å². The lowest BCUT2D eigenvalue weighted by Gasteiger charge is -2.42. The molecule has 7 heteroatoms. The molecule has 2 N–H and O–H groups in total.